The van der Waals surface area contributed by atoms with Gasteiger partial charge in [-0.1, -0.05) is 62.7 Å². The molecule has 0 saturated carbocycles. The van der Waals surface area contributed by atoms with Gasteiger partial charge in [0.15, 0.2) is 6.20 Å². The molecule has 3 aromatic rings. The third-order valence-corrected chi connectivity index (χ3v) is 5.20. The van der Waals surface area contributed by atoms with Crippen molar-refractivity contribution >= 4 is 0 Å². The Kier molecular flexibility index (Phi) is 5.24. The normalized spacial score (nSPS) is 11.7. The zero-order valence-electron chi connectivity index (χ0n) is 17.9. The molecule has 1 heterocycles. The maximum atomic E-state index is 2.39. The highest BCUT2D eigenvalue weighted by atomic mass is 14.9. The van der Waals surface area contributed by atoms with Crippen molar-refractivity contribution in [3.05, 3.63) is 77.0 Å². The van der Waals surface area contributed by atoms with Gasteiger partial charge in [0.25, 0.3) is 0 Å². The van der Waals surface area contributed by atoms with E-state index in [1.54, 1.807) is 0 Å². The number of hydrogen-bond acceptors (Lipinski definition) is 0. The largest absolute Gasteiger partial charge is 0.212 e. The fourth-order valence-electron chi connectivity index (χ4n) is 3.68. The van der Waals surface area contributed by atoms with Crippen LogP contribution in [0.15, 0.2) is 54.7 Å². The molecule has 0 bridgehead atoms. The summed E-state index contributed by atoms with van der Waals surface area (Å²) >= 11 is 0. The molecule has 0 radical (unpaired) electrons. The predicted octanol–water partition coefficient (Wildman–Crippen LogP) is 6.36. The molecule has 0 aliphatic heterocycles. The summed E-state index contributed by atoms with van der Waals surface area (Å²) in [6.07, 6.45) is 3.36. The molecule has 3 rings (SSSR count). The molecule has 0 saturated heterocycles. The molecule has 27 heavy (non-hydrogen) atoms. The quantitative estimate of drug-likeness (QED) is 0.480. The first-order valence-corrected chi connectivity index (χ1v) is 9.81. The Morgan fingerprint density at radius 2 is 1.41 bits per heavy atom. The van der Waals surface area contributed by atoms with E-state index in [0.29, 0.717) is 0 Å². The van der Waals surface area contributed by atoms with Gasteiger partial charge >= 0.3 is 0 Å². The highest BCUT2D eigenvalue weighted by Gasteiger charge is 2.20. The Balaban J connectivity index is 2.11. The van der Waals surface area contributed by atoms with E-state index in [4.69, 9.17) is 0 Å². The molecule has 0 fully saturated rings. The van der Waals surface area contributed by atoms with E-state index in [2.05, 4.69) is 108 Å². The highest BCUT2D eigenvalue weighted by molar-refractivity contribution is 5.73. The van der Waals surface area contributed by atoms with Crippen molar-refractivity contribution in [2.75, 3.05) is 0 Å². The first kappa shape index (κ1) is 19.4. The molecule has 0 aliphatic carbocycles. The Bertz CT molecular complexity index is 957. The minimum absolute atomic E-state index is 0.279. The van der Waals surface area contributed by atoms with Gasteiger partial charge in [0.05, 0.1) is 0 Å². The van der Waals surface area contributed by atoms with Crippen LogP contribution >= 0.6 is 0 Å². The highest BCUT2D eigenvalue weighted by Crippen LogP contribution is 2.30. The van der Waals surface area contributed by atoms with Crippen molar-refractivity contribution in [1.29, 1.82) is 0 Å². The van der Waals surface area contributed by atoms with Crippen molar-refractivity contribution in [3.8, 4) is 22.4 Å². The summed E-state index contributed by atoms with van der Waals surface area (Å²) in [5, 5.41) is 0. The molecule has 0 atom stereocenters. The summed E-state index contributed by atoms with van der Waals surface area (Å²) < 4.78 is 2.27. The van der Waals surface area contributed by atoms with Crippen LogP contribution in [0.1, 0.15) is 43.0 Å². The molecule has 0 aliphatic rings. The lowest BCUT2D eigenvalue weighted by Crippen LogP contribution is -2.32. The van der Waals surface area contributed by atoms with Gasteiger partial charge in [0.1, 0.15) is 7.05 Å². The van der Waals surface area contributed by atoms with E-state index in [9.17, 15) is 0 Å². The summed E-state index contributed by atoms with van der Waals surface area (Å²) in [5.41, 5.74) is 10.8. The molecular weight excluding hydrogens is 326 g/mol. The van der Waals surface area contributed by atoms with Crippen LogP contribution < -0.4 is 4.57 Å². The number of nitrogens with zero attached hydrogens (tertiary/aromatic N) is 1. The topological polar surface area (TPSA) is 3.88 Å². The van der Waals surface area contributed by atoms with Gasteiger partial charge in [-0.05, 0) is 60.9 Å². The monoisotopic (exact) mass is 358 g/mol. The number of aromatic nitrogens is 1. The average molecular weight is 359 g/mol. The predicted molar refractivity (Wildman–Crippen MR) is 116 cm³/mol. The van der Waals surface area contributed by atoms with E-state index in [1.807, 2.05) is 0 Å². The molecule has 0 amide bonds. The SMILES string of the molecule is Cc1ccc(-c2ccc(C)c(-c3cc(CC(C)(C)C)c(C)c[n+]3C)c2)cc1. The summed E-state index contributed by atoms with van der Waals surface area (Å²) in [7, 11) is 2.15. The number of benzene rings is 2. The molecule has 1 nitrogen and oxygen atoms in total. The molecule has 1 heteroatoms. The minimum atomic E-state index is 0.279. The molecule has 1 aromatic heterocycles. The van der Waals surface area contributed by atoms with E-state index in [-0.39, 0.29) is 5.41 Å². The third kappa shape index (κ3) is 4.47. The summed E-state index contributed by atoms with van der Waals surface area (Å²) in [5.74, 6) is 0. The molecule has 0 unspecified atom stereocenters. The Hall–Kier alpha value is -2.41. The lowest BCUT2D eigenvalue weighted by Gasteiger charge is -2.19. The number of hydrogen-bond donors (Lipinski definition) is 0. The van der Waals surface area contributed by atoms with E-state index in [1.165, 1.54) is 44.6 Å². The van der Waals surface area contributed by atoms with Crippen molar-refractivity contribution < 1.29 is 4.57 Å². The van der Waals surface area contributed by atoms with Crippen LogP contribution in [0.25, 0.3) is 22.4 Å². The van der Waals surface area contributed by atoms with Gasteiger partial charge in [-0.3, -0.25) is 0 Å². The van der Waals surface area contributed by atoms with Crippen molar-refractivity contribution in [1.82, 2.24) is 0 Å². The number of aryl methyl sites for hydroxylation is 4. The first-order valence-electron chi connectivity index (χ1n) is 9.81. The van der Waals surface area contributed by atoms with Crippen LogP contribution in [0.2, 0.25) is 0 Å². The zero-order chi connectivity index (χ0) is 19.8. The second-order valence-corrected chi connectivity index (χ2v) is 9.11. The Morgan fingerprint density at radius 1 is 0.778 bits per heavy atom. The number of pyridine rings is 1. The standard InChI is InChI=1S/C26H32N/c1-18-8-11-21(12-9-18)22-13-10-19(2)24(14-22)25-15-23(16-26(4,5)6)20(3)17-27(25)7/h8-15,17H,16H2,1-7H3/q+1. The summed E-state index contributed by atoms with van der Waals surface area (Å²) in [4.78, 5) is 0. The van der Waals surface area contributed by atoms with E-state index < -0.39 is 0 Å². The van der Waals surface area contributed by atoms with Gasteiger partial charge in [0.2, 0.25) is 5.69 Å². The van der Waals surface area contributed by atoms with Crippen LogP contribution in [0.5, 0.6) is 0 Å². The molecule has 0 spiro atoms. The minimum Gasteiger partial charge on any atom is -0.201 e. The van der Waals surface area contributed by atoms with Gasteiger partial charge in [-0.25, -0.2) is 4.57 Å². The lowest BCUT2D eigenvalue weighted by atomic mass is 9.86. The lowest BCUT2D eigenvalue weighted by molar-refractivity contribution is -0.660. The molecule has 0 N–H and O–H groups in total. The van der Waals surface area contributed by atoms with Gasteiger partial charge in [-0.2, -0.15) is 0 Å². The maximum absolute atomic E-state index is 2.39. The van der Waals surface area contributed by atoms with Crippen molar-refractivity contribution in [2.45, 2.75) is 48.0 Å². The van der Waals surface area contributed by atoms with Gasteiger partial charge in [-0.15, -0.1) is 0 Å². The zero-order valence-corrected chi connectivity index (χ0v) is 17.9. The van der Waals surface area contributed by atoms with E-state index >= 15 is 0 Å². The fourth-order valence-corrected chi connectivity index (χ4v) is 3.68. The maximum Gasteiger partial charge on any atom is 0.212 e. The van der Waals surface area contributed by atoms with Crippen LogP contribution in [-0.4, -0.2) is 0 Å². The van der Waals surface area contributed by atoms with Crippen molar-refractivity contribution in [2.24, 2.45) is 12.5 Å². The van der Waals surface area contributed by atoms with Crippen LogP contribution in [-0.2, 0) is 13.5 Å². The van der Waals surface area contributed by atoms with Crippen LogP contribution in [0.4, 0.5) is 0 Å². The molecular formula is C26H32N+. The van der Waals surface area contributed by atoms with Gasteiger partial charge in [0, 0.05) is 17.2 Å². The van der Waals surface area contributed by atoms with Gasteiger partial charge < -0.3 is 0 Å². The second-order valence-electron chi connectivity index (χ2n) is 9.11. The smallest absolute Gasteiger partial charge is 0.201 e. The summed E-state index contributed by atoms with van der Waals surface area (Å²) in [6.45, 7) is 13.5. The average Bonchev–Trinajstić information content (AvgIpc) is 2.58. The number of rotatable bonds is 3. The van der Waals surface area contributed by atoms with Crippen molar-refractivity contribution in [3.63, 3.8) is 0 Å². The Labute approximate surface area is 164 Å². The molecule has 140 valence electrons. The fraction of sp³-hybridized carbons (Fsp3) is 0.346. The third-order valence-electron chi connectivity index (χ3n) is 5.20. The van der Waals surface area contributed by atoms with E-state index in [0.717, 1.165) is 6.42 Å². The van der Waals surface area contributed by atoms with Crippen LogP contribution in [0, 0.1) is 26.2 Å². The second kappa shape index (κ2) is 7.31. The Morgan fingerprint density at radius 3 is 2.04 bits per heavy atom. The first-order chi connectivity index (χ1) is 12.6. The summed E-state index contributed by atoms with van der Waals surface area (Å²) in [6, 6.07) is 18.0. The van der Waals surface area contributed by atoms with Crippen LogP contribution in [0.3, 0.4) is 0 Å². The molecule has 2 aromatic carbocycles.